The van der Waals surface area contributed by atoms with Crippen LogP contribution >= 0.6 is 0 Å². The van der Waals surface area contributed by atoms with Crippen LogP contribution in [0.5, 0.6) is 5.75 Å². The quantitative estimate of drug-likeness (QED) is 0.540. The molecule has 0 heterocycles. The molecule has 0 saturated heterocycles. The smallest absolute Gasteiger partial charge is 0.275 e. The van der Waals surface area contributed by atoms with Crippen molar-refractivity contribution in [1.82, 2.24) is 0 Å². The van der Waals surface area contributed by atoms with Gasteiger partial charge >= 0.3 is 0 Å². The van der Waals surface area contributed by atoms with Gasteiger partial charge in [0, 0.05) is 31.0 Å². The molecule has 0 spiro atoms. The minimum Gasteiger partial charge on any atom is -0.494 e. The first-order chi connectivity index (χ1) is 9.88. The van der Waals surface area contributed by atoms with Crippen LogP contribution in [-0.2, 0) is 0 Å². The number of ether oxygens (including phenoxy) is 1. The van der Waals surface area contributed by atoms with Crippen LogP contribution in [-0.4, -0.2) is 29.8 Å². The Labute approximate surface area is 125 Å². The van der Waals surface area contributed by atoms with Crippen molar-refractivity contribution in [2.24, 2.45) is 5.41 Å². The van der Waals surface area contributed by atoms with Crippen LogP contribution in [0, 0.1) is 15.5 Å². The number of nitro benzene ring substituents is 1. The van der Waals surface area contributed by atoms with Crippen molar-refractivity contribution in [3.05, 3.63) is 28.3 Å². The number of benzene rings is 1. The predicted molar refractivity (Wildman–Crippen MR) is 82.9 cm³/mol. The minimum atomic E-state index is -0.426. The van der Waals surface area contributed by atoms with E-state index in [2.05, 4.69) is 19.2 Å². The number of hydrogen-bond acceptors (Lipinski definition) is 5. The van der Waals surface area contributed by atoms with E-state index in [4.69, 9.17) is 9.84 Å². The topological polar surface area (TPSA) is 84.6 Å². The maximum atomic E-state index is 10.9. The molecule has 21 heavy (non-hydrogen) atoms. The van der Waals surface area contributed by atoms with Crippen molar-refractivity contribution in [2.75, 3.05) is 25.1 Å². The summed E-state index contributed by atoms with van der Waals surface area (Å²) in [5, 5.41) is 23.1. The van der Waals surface area contributed by atoms with Gasteiger partial charge in [0.1, 0.15) is 5.75 Å². The molecule has 1 aromatic rings. The number of rotatable bonds is 9. The molecule has 0 aliphatic rings. The van der Waals surface area contributed by atoms with Crippen LogP contribution in [0.4, 0.5) is 11.4 Å². The normalized spacial score (nSPS) is 11.2. The van der Waals surface area contributed by atoms with Crippen LogP contribution in [0.1, 0.15) is 33.6 Å². The summed E-state index contributed by atoms with van der Waals surface area (Å²) in [6.07, 6.45) is 1.62. The summed E-state index contributed by atoms with van der Waals surface area (Å²) in [5.74, 6) is 0.488. The van der Waals surface area contributed by atoms with Gasteiger partial charge in [-0.2, -0.15) is 0 Å². The van der Waals surface area contributed by atoms with Gasteiger partial charge in [-0.05, 0) is 25.2 Å². The Morgan fingerprint density at radius 1 is 1.38 bits per heavy atom. The highest BCUT2D eigenvalue weighted by Crippen LogP contribution is 2.28. The Bertz CT molecular complexity index is 475. The first kappa shape index (κ1) is 17.2. The van der Waals surface area contributed by atoms with Crippen molar-refractivity contribution < 1.29 is 14.8 Å². The monoisotopic (exact) mass is 296 g/mol. The molecule has 0 radical (unpaired) electrons. The predicted octanol–water partition coefficient (Wildman–Crippen LogP) is 3.20. The molecule has 1 rings (SSSR count). The summed E-state index contributed by atoms with van der Waals surface area (Å²) < 4.78 is 5.36. The molecule has 0 bridgehead atoms. The maximum absolute atomic E-state index is 10.9. The van der Waals surface area contributed by atoms with Gasteiger partial charge in [0.15, 0.2) is 0 Å². The fourth-order valence-electron chi connectivity index (χ4n) is 2.03. The van der Waals surface area contributed by atoms with E-state index in [1.165, 1.54) is 12.1 Å². The molecular weight excluding hydrogens is 272 g/mol. The molecule has 6 heteroatoms. The Morgan fingerprint density at radius 2 is 2.10 bits per heavy atom. The highest BCUT2D eigenvalue weighted by molar-refractivity contribution is 5.56. The summed E-state index contributed by atoms with van der Waals surface area (Å²) in [6, 6.07) is 4.69. The number of nitro groups is 1. The van der Waals surface area contributed by atoms with Gasteiger partial charge in [-0.3, -0.25) is 10.1 Å². The molecule has 0 aromatic heterocycles. The second kappa shape index (κ2) is 7.83. The molecule has 6 nitrogen and oxygen atoms in total. The average molecular weight is 296 g/mol. The lowest BCUT2D eigenvalue weighted by molar-refractivity contribution is -0.384. The molecule has 118 valence electrons. The second-order valence-corrected chi connectivity index (χ2v) is 5.75. The summed E-state index contributed by atoms with van der Waals surface area (Å²) >= 11 is 0. The fraction of sp³-hybridized carbons (Fsp3) is 0.600. The molecule has 0 aliphatic heterocycles. The van der Waals surface area contributed by atoms with Gasteiger partial charge in [0.2, 0.25) is 0 Å². The number of aliphatic hydroxyl groups excluding tert-OH is 1. The second-order valence-electron chi connectivity index (χ2n) is 5.75. The van der Waals surface area contributed by atoms with Crippen LogP contribution in [0.3, 0.4) is 0 Å². The van der Waals surface area contributed by atoms with Crippen LogP contribution in [0.25, 0.3) is 0 Å². The Hall–Kier alpha value is -1.82. The van der Waals surface area contributed by atoms with E-state index in [0.717, 1.165) is 12.8 Å². The van der Waals surface area contributed by atoms with E-state index in [9.17, 15) is 10.1 Å². The lowest BCUT2D eigenvalue weighted by Crippen LogP contribution is -2.23. The standard InChI is InChI=1S/C15H24N2O4/c1-4-21-14-9-12(8-13(10-14)17(19)20)16-11-15(2,3)6-5-7-18/h8-10,16,18H,4-7,11H2,1-3H3. The third-order valence-electron chi connectivity index (χ3n) is 3.20. The van der Waals surface area contributed by atoms with Crippen molar-refractivity contribution in [1.29, 1.82) is 0 Å². The van der Waals surface area contributed by atoms with E-state index in [1.807, 2.05) is 6.92 Å². The molecule has 0 amide bonds. The van der Waals surface area contributed by atoms with Crippen LogP contribution in [0.2, 0.25) is 0 Å². The zero-order valence-corrected chi connectivity index (χ0v) is 12.9. The highest BCUT2D eigenvalue weighted by Gasteiger charge is 2.18. The summed E-state index contributed by atoms with van der Waals surface area (Å²) in [7, 11) is 0. The fourth-order valence-corrected chi connectivity index (χ4v) is 2.03. The lowest BCUT2D eigenvalue weighted by Gasteiger charge is -2.25. The number of nitrogens with one attached hydrogen (secondary N) is 1. The third-order valence-corrected chi connectivity index (χ3v) is 3.20. The van der Waals surface area contributed by atoms with Gasteiger partial charge in [0.05, 0.1) is 17.6 Å². The third kappa shape index (κ3) is 5.99. The summed E-state index contributed by atoms with van der Waals surface area (Å²) in [5.41, 5.74) is 0.681. The van der Waals surface area contributed by atoms with E-state index in [1.54, 1.807) is 6.07 Å². The van der Waals surface area contributed by atoms with Gasteiger partial charge < -0.3 is 15.2 Å². The first-order valence-corrected chi connectivity index (χ1v) is 7.15. The van der Waals surface area contributed by atoms with Crippen molar-refractivity contribution in [3.63, 3.8) is 0 Å². The number of nitrogens with zero attached hydrogens (tertiary/aromatic N) is 1. The maximum Gasteiger partial charge on any atom is 0.275 e. The minimum absolute atomic E-state index is 0.000865. The molecule has 0 unspecified atom stereocenters. The average Bonchev–Trinajstić information content (AvgIpc) is 2.43. The molecule has 2 N–H and O–H groups in total. The Balaban J connectivity index is 2.79. The van der Waals surface area contributed by atoms with E-state index < -0.39 is 4.92 Å². The molecular formula is C15H24N2O4. The zero-order valence-electron chi connectivity index (χ0n) is 12.9. The van der Waals surface area contributed by atoms with E-state index in [0.29, 0.717) is 24.6 Å². The van der Waals surface area contributed by atoms with Crippen LogP contribution in [0.15, 0.2) is 18.2 Å². The number of aliphatic hydroxyl groups is 1. The molecule has 1 aromatic carbocycles. The highest BCUT2D eigenvalue weighted by atomic mass is 16.6. The number of anilines is 1. The summed E-state index contributed by atoms with van der Waals surface area (Å²) in [6.45, 7) is 7.33. The van der Waals surface area contributed by atoms with E-state index >= 15 is 0 Å². The van der Waals surface area contributed by atoms with Crippen LogP contribution < -0.4 is 10.1 Å². The SMILES string of the molecule is CCOc1cc(NCC(C)(C)CCCO)cc([N+](=O)[O-])c1. The molecule has 0 aliphatic carbocycles. The Morgan fingerprint density at radius 3 is 2.67 bits per heavy atom. The van der Waals surface area contributed by atoms with E-state index in [-0.39, 0.29) is 17.7 Å². The summed E-state index contributed by atoms with van der Waals surface area (Å²) in [4.78, 5) is 10.5. The number of hydrogen-bond donors (Lipinski definition) is 2. The van der Waals surface area contributed by atoms with Gasteiger partial charge in [-0.15, -0.1) is 0 Å². The Kier molecular flexibility index (Phi) is 6.42. The first-order valence-electron chi connectivity index (χ1n) is 7.15. The van der Waals surface area contributed by atoms with Gasteiger partial charge in [-0.25, -0.2) is 0 Å². The van der Waals surface area contributed by atoms with Gasteiger partial charge in [-0.1, -0.05) is 13.8 Å². The van der Waals surface area contributed by atoms with Crippen molar-refractivity contribution in [3.8, 4) is 5.75 Å². The zero-order chi connectivity index (χ0) is 15.9. The van der Waals surface area contributed by atoms with Crippen molar-refractivity contribution in [2.45, 2.75) is 33.6 Å². The van der Waals surface area contributed by atoms with Gasteiger partial charge in [0.25, 0.3) is 5.69 Å². The largest absolute Gasteiger partial charge is 0.494 e. The van der Waals surface area contributed by atoms with Crippen molar-refractivity contribution >= 4 is 11.4 Å². The lowest BCUT2D eigenvalue weighted by atomic mass is 9.88. The molecule has 0 saturated carbocycles. The number of non-ortho nitro benzene ring substituents is 1. The molecule has 0 fully saturated rings. The molecule has 0 atom stereocenters.